The molecule has 6 heteroatoms. The lowest BCUT2D eigenvalue weighted by molar-refractivity contribution is -0.0587. The van der Waals surface area contributed by atoms with E-state index in [9.17, 15) is 9.59 Å². The molecule has 1 aromatic heterocycles. The molecule has 1 saturated heterocycles. The maximum Gasteiger partial charge on any atom is 0.275 e. The molecular weight excluding hydrogens is 282 g/mol. The molecule has 2 atom stereocenters. The highest BCUT2D eigenvalue weighted by Gasteiger charge is 2.28. The second-order valence-corrected chi connectivity index (χ2v) is 5.79. The first-order chi connectivity index (χ1) is 10.5. The Kier molecular flexibility index (Phi) is 3.70. The van der Waals surface area contributed by atoms with E-state index < -0.39 is 0 Å². The molecule has 1 aliphatic heterocycles. The van der Waals surface area contributed by atoms with Gasteiger partial charge in [0, 0.05) is 25.5 Å². The third-order valence-corrected chi connectivity index (χ3v) is 3.87. The van der Waals surface area contributed by atoms with Gasteiger partial charge in [-0.3, -0.25) is 9.59 Å². The molecule has 1 fully saturated rings. The highest BCUT2D eigenvalue weighted by Crippen LogP contribution is 2.18. The van der Waals surface area contributed by atoms with E-state index in [1.807, 2.05) is 19.9 Å². The fourth-order valence-electron chi connectivity index (χ4n) is 2.95. The second kappa shape index (κ2) is 5.53. The molecule has 1 aliphatic rings. The van der Waals surface area contributed by atoms with E-state index in [-0.39, 0.29) is 23.7 Å². The number of fused-ring (bicyclic) bond motifs is 1. The van der Waals surface area contributed by atoms with E-state index in [1.165, 1.54) is 4.68 Å². The predicted octanol–water partition coefficient (Wildman–Crippen LogP) is 1.18. The molecule has 0 unspecified atom stereocenters. The maximum absolute atomic E-state index is 12.9. The highest BCUT2D eigenvalue weighted by molar-refractivity contribution is 6.04. The van der Waals surface area contributed by atoms with Crippen molar-refractivity contribution < 1.29 is 9.53 Å². The van der Waals surface area contributed by atoms with Crippen molar-refractivity contribution in [1.29, 1.82) is 0 Å². The lowest BCUT2D eigenvalue weighted by atomic mass is 10.1. The Morgan fingerprint density at radius 2 is 1.77 bits per heavy atom. The molecule has 0 spiro atoms. The summed E-state index contributed by atoms with van der Waals surface area (Å²) < 4.78 is 6.89. The van der Waals surface area contributed by atoms with Crippen LogP contribution in [0, 0.1) is 0 Å². The topological polar surface area (TPSA) is 64.4 Å². The summed E-state index contributed by atoms with van der Waals surface area (Å²) in [6, 6.07) is 7.09. The molecule has 2 heterocycles. The average Bonchev–Trinajstić information content (AvgIpc) is 2.49. The van der Waals surface area contributed by atoms with Crippen molar-refractivity contribution in [1.82, 2.24) is 14.7 Å². The summed E-state index contributed by atoms with van der Waals surface area (Å²) in [4.78, 5) is 26.7. The monoisotopic (exact) mass is 301 g/mol. The van der Waals surface area contributed by atoms with Crippen molar-refractivity contribution in [3.63, 3.8) is 0 Å². The number of morpholine rings is 1. The summed E-state index contributed by atoms with van der Waals surface area (Å²) in [5.41, 5.74) is 0.120. The summed E-state index contributed by atoms with van der Waals surface area (Å²) in [5, 5.41) is 5.31. The molecule has 0 N–H and O–H groups in total. The Bertz CT molecular complexity index is 774. The van der Waals surface area contributed by atoms with Crippen LogP contribution < -0.4 is 5.56 Å². The predicted molar refractivity (Wildman–Crippen MR) is 82.9 cm³/mol. The van der Waals surface area contributed by atoms with E-state index in [0.29, 0.717) is 29.6 Å². The first-order valence-electron chi connectivity index (χ1n) is 7.38. The quantitative estimate of drug-likeness (QED) is 0.793. The van der Waals surface area contributed by atoms with Crippen LogP contribution in [0.25, 0.3) is 10.8 Å². The Balaban J connectivity index is 2.08. The van der Waals surface area contributed by atoms with Gasteiger partial charge in [-0.15, -0.1) is 0 Å². The third-order valence-electron chi connectivity index (χ3n) is 3.87. The molecule has 0 radical (unpaired) electrons. The van der Waals surface area contributed by atoms with Crippen molar-refractivity contribution in [3.8, 4) is 0 Å². The second-order valence-electron chi connectivity index (χ2n) is 5.79. The van der Waals surface area contributed by atoms with Crippen molar-refractivity contribution in [2.45, 2.75) is 26.1 Å². The summed E-state index contributed by atoms with van der Waals surface area (Å²) in [7, 11) is 1.57. The molecule has 0 bridgehead atoms. The molecule has 2 aromatic rings. The van der Waals surface area contributed by atoms with Crippen LogP contribution in [0.1, 0.15) is 24.3 Å². The van der Waals surface area contributed by atoms with Gasteiger partial charge in [-0.25, -0.2) is 4.68 Å². The first kappa shape index (κ1) is 14.7. The zero-order chi connectivity index (χ0) is 15.9. The van der Waals surface area contributed by atoms with Gasteiger partial charge in [-0.1, -0.05) is 18.2 Å². The van der Waals surface area contributed by atoms with Gasteiger partial charge in [0.15, 0.2) is 5.69 Å². The largest absolute Gasteiger partial charge is 0.372 e. The molecule has 1 amide bonds. The molecule has 22 heavy (non-hydrogen) atoms. The highest BCUT2D eigenvalue weighted by atomic mass is 16.5. The van der Waals surface area contributed by atoms with Crippen LogP contribution >= 0.6 is 0 Å². The van der Waals surface area contributed by atoms with Crippen LogP contribution in [0.15, 0.2) is 29.1 Å². The number of ether oxygens (including phenoxy) is 1. The Labute approximate surface area is 128 Å². The zero-order valence-electron chi connectivity index (χ0n) is 12.9. The van der Waals surface area contributed by atoms with Crippen molar-refractivity contribution in [2.75, 3.05) is 13.1 Å². The van der Waals surface area contributed by atoms with Crippen LogP contribution in [-0.2, 0) is 11.8 Å². The van der Waals surface area contributed by atoms with Gasteiger partial charge < -0.3 is 9.64 Å². The van der Waals surface area contributed by atoms with Crippen molar-refractivity contribution >= 4 is 16.7 Å². The van der Waals surface area contributed by atoms with Gasteiger partial charge in [0.1, 0.15) is 0 Å². The number of hydrogen-bond donors (Lipinski definition) is 0. The minimum absolute atomic E-state index is 0.00787. The number of amides is 1. The lowest BCUT2D eigenvalue weighted by Crippen LogP contribution is -2.48. The van der Waals surface area contributed by atoms with E-state index in [1.54, 1.807) is 30.1 Å². The van der Waals surface area contributed by atoms with Crippen LogP contribution in [0.4, 0.5) is 0 Å². The minimum atomic E-state index is -0.198. The number of hydrogen-bond acceptors (Lipinski definition) is 4. The van der Waals surface area contributed by atoms with Gasteiger partial charge >= 0.3 is 0 Å². The number of nitrogens with zero attached hydrogens (tertiary/aromatic N) is 3. The first-order valence-corrected chi connectivity index (χ1v) is 7.38. The fraction of sp³-hybridized carbons (Fsp3) is 0.438. The number of rotatable bonds is 1. The van der Waals surface area contributed by atoms with Gasteiger partial charge in [-0.05, 0) is 19.9 Å². The molecule has 0 aliphatic carbocycles. The summed E-state index contributed by atoms with van der Waals surface area (Å²) in [5.74, 6) is -0.159. The lowest BCUT2D eigenvalue weighted by Gasteiger charge is -2.35. The number of aryl methyl sites for hydroxylation is 1. The van der Waals surface area contributed by atoms with Crippen molar-refractivity contribution in [2.24, 2.45) is 7.05 Å². The molecule has 0 saturated carbocycles. The zero-order valence-corrected chi connectivity index (χ0v) is 12.9. The van der Waals surface area contributed by atoms with Crippen LogP contribution in [-0.4, -0.2) is 45.9 Å². The molecule has 6 nitrogen and oxygen atoms in total. The maximum atomic E-state index is 12.9. The van der Waals surface area contributed by atoms with E-state index >= 15 is 0 Å². The Morgan fingerprint density at radius 3 is 2.41 bits per heavy atom. The van der Waals surface area contributed by atoms with Gasteiger partial charge in [0.05, 0.1) is 17.6 Å². The molecule has 3 rings (SSSR count). The summed E-state index contributed by atoms with van der Waals surface area (Å²) in [6.45, 7) is 4.95. The van der Waals surface area contributed by atoms with E-state index in [2.05, 4.69) is 5.10 Å². The SMILES string of the molecule is C[C@@H]1CN(C(=O)c2nn(C)c(=O)c3ccccc23)C[C@H](C)O1. The van der Waals surface area contributed by atoms with Crippen LogP contribution in [0.3, 0.4) is 0 Å². The fourth-order valence-corrected chi connectivity index (χ4v) is 2.95. The molecular formula is C16H19N3O3. The smallest absolute Gasteiger partial charge is 0.275 e. The number of carbonyl (C=O) groups is 1. The minimum Gasteiger partial charge on any atom is -0.372 e. The standard InChI is InChI=1S/C16H19N3O3/c1-10-8-19(9-11(2)22-10)16(21)14-12-6-4-5-7-13(12)15(20)18(3)17-14/h4-7,10-11H,8-9H2,1-3H3/t10-,11+. The van der Waals surface area contributed by atoms with Gasteiger partial charge in [-0.2, -0.15) is 5.10 Å². The van der Waals surface area contributed by atoms with Crippen molar-refractivity contribution in [3.05, 3.63) is 40.3 Å². The normalized spacial score (nSPS) is 22.0. The Morgan fingerprint density at radius 1 is 1.18 bits per heavy atom. The third kappa shape index (κ3) is 2.50. The van der Waals surface area contributed by atoms with Gasteiger partial charge in [0.25, 0.3) is 11.5 Å². The molecule has 116 valence electrons. The van der Waals surface area contributed by atoms with Crippen LogP contribution in [0.2, 0.25) is 0 Å². The van der Waals surface area contributed by atoms with Gasteiger partial charge in [0.2, 0.25) is 0 Å². The summed E-state index contributed by atoms with van der Waals surface area (Å²) in [6.07, 6.45) is -0.0157. The van der Waals surface area contributed by atoms with Crippen LogP contribution in [0.5, 0.6) is 0 Å². The number of benzene rings is 1. The number of aromatic nitrogens is 2. The summed E-state index contributed by atoms with van der Waals surface area (Å²) >= 11 is 0. The van der Waals surface area contributed by atoms with E-state index in [0.717, 1.165) is 0 Å². The Hall–Kier alpha value is -2.21. The number of carbonyl (C=O) groups excluding carboxylic acids is 1. The molecule has 1 aromatic carbocycles. The van der Waals surface area contributed by atoms with E-state index in [4.69, 9.17) is 4.74 Å². The average molecular weight is 301 g/mol.